The first kappa shape index (κ1) is 47.3. The molecule has 49 heavy (non-hydrogen) atoms. The molecule has 0 aromatic rings. The molecule has 1 N–H and O–H groups in total. The monoisotopic (exact) mass is 713 g/mol. The van der Waals surface area contributed by atoms with Crippen molar-refractivity contribution in [3.63, 3.8) is 0 Å². The highest BCUT2D eigenvalue weighted by Gasteiger charge is 2.24. The Morgan fingerprint density at radius 1 is 0.571 bits per heavy atom. The minimum Gasteiger partial charge on any atom is -0.462 e. The molecule has 0 saturated carbocycles. The Balaban J connectivity index is 4.04. The highest BCUT2D eigenvalue weighted by atomic mass is 31.2. The summed E-state index contributed by atoms with van der Waals surface area (Å²) in [5.74, 6) is -0.825. The molecule has 0 amide bonds. The fraction of sp³-hybridized carbons (Fsp3) is 0.800. The number of carbonyl (C=O) groups excluding carboxylic acids is 2. The van der Waals surface area contributed by atoms with E-state index in [0.29, 0.717) is 6.42 Å². The van der Waals surface area contributed by atoms with Crippen molar-refractivity contribution < 1.29 is 37.6 Å². The van der Waals surface area contributed by atoms with Crippen molar-refractivity contribution >= 4 is 19.8 Å². The van der Waals surface area contributed by atoms with Crippen molar-refractivity contribution in [1.29, 1.82) is 0 Å². The second-order valence-corrected chi connectivity index (χ2v) is 14.6. The smallest absolute Gasteiger partial charge is 0.462 e. The molecule has 0 aromatic heterocycles. The minimum absolute atomic E-state index is 0.228. The Labute approximate surface area is 300 Å². The molecular formula is C40H73O8P. The van der Waals surface area contributed by atoms with Crippen molar-refractivity contribution in [3.8, 4) is 0 Å². The topological polar surface area (TPSA) is 108 Å². The number of hydrogen-bond donors (Lipinski definition) is 1. The number of phosphoric ester groups is 1. The fourth-order valence-electron chi connectivity index (χ4n) is 5.28. The van der Waals surface area contributed by atoms with Crippen LogP contribution in [0.5, 0.6) is 0 Å². The highest BCUT2D eigenvalue weighted by Crippen LogP contribution is 2.42. The number of carbonyl (C=O) groups is 2. The molecule has 0 saturated heterocycles. The lowest BCUT2D eigenvalue weighted by Crippen LogP contribution is -2.29. The summed E-state index contributed by atoms with van der Waals surface area (Å²) in [6, 6.07) is 0. The first-order valence-electron chi connectivity index (χ1n) is 19.7. The van der Waals surface area contributed by atoms with Crippen molar-refractivity contribution in [2.45, 2.75) is 187 Å². The summed E-state index contributed by atoms with van der Waals surface area (Å²) in [6.45, 7) is 3.80. The van der Waals surface area contributed by atoms with Crippen LogP contribution in [0.4, 0.5) is 0 Å². The van der Waals surface area contributed by atoms with E-state index in [9.17, 15) is 19.0 Å². The number of ether oxygens (including phenoxy) is 2. The van der Waals surface area contributed by atoms with E-state index in [-0.39, 0.29) is 25.4 Å². The molecule has 0 fully saturated rings. The number of hydrogen-bond acceptors (Lipinski definition) is 7. The van der Waals surface area contributed by atoms with E-state index in [4.69, 9.17) is 14.0 Å². The maximum absolute atomic E-state index is 12.4. The zero-order chi connectivity index (χ0) is 36.1. The van der Waals surface area contributed by atoms with E-state index in [2.05, 4.69) is 54.8 Å². The number of phosphoric acid groups is 1. The molecule has 0 heterocycles. The molecule has 286 valence electrons. The summed E-state index contributed by atoms with van der Waals surface area (Å²) in [7, 11) is -3.20. The van der Waals surface area contributed by atoms with Crippen LogP contribution < -0.4 is 0 Å². The molecule has 0 aliphatic heterocycles. The van der Waals surface area contributed by atoms with Crippen molar-refractivity contribution in [2.75, 3.05) is 20.3 Å². The van der Waals surface area contributed by atoms with Gasteiger partial charge in [-0.25, -0.2) is 4.57 Å². The zero-order valence-corrected chi connectivity index (χ0v) is 32.5. The van der Waals surface area contributed by atoms with E-state index in [1.165, 1.54) is 83.5 Å². The summed E-state index contributed by atoms with van der Waals surface area (Å²) in [6.07, 6.45) is 40.5. The standard InChI is InChI=1S/C40H73O8P/c1-4-6-8-10-12-14-16-18-19-20-21-23-24-26-28-30-32-34-39(41)46-36-38(37-47-49(43,44)45-3)48-40(42)35-33-31-29-27-25-22-17-15-13-11-9-7-5-2/h9,11,15,17-19,38H,4-8,10,12-14,16,20-37H2,1-3H3,(H,43,44)/b11-9-,17-15-,19-18-. The van der Waals surface area contributed by atoms with Crippen LogP contribution in [-0.4, -0.2) is 43.3 Å². The second-order valence-electron chi connectivity index (χ2n) is 13.1. The third kappa shape index (κ3) is 35.9. The predicted octanol–water partition coefficient (Wildman–Crippen LogP) is 12.1. The molecule has 0 aromatic carbocycles. The van der Waals surface area contributed by atoms with E-state index >= 15 is 0 Å². The van der Waals surface area contributed by atoms with Crippen molar-refractivity contribution in [2.24, 2.45) is 0 Å². The summed E-state index contributed by atoms with van der Waals surface area (Å²) >= 11 is 0. The van der Waals surface area contributed by atoms with Crippen LogP contribution in [0.15, 0.2) is 36.5 Å². The van der Waals surface area contributed by atoms with Crippen LogP contribution in [0.3, 0.4) is 0 Å². The lowest BCUT2D eigenvalue weighted by molar-refractivity contribution is -0.161. The zero-order valence-electron chi connectivity index (χ0n) is 31.6. The van der Waals surface area contributed by atoms with Crippen LogP contribution in [0.25, 0.3) is 0 Å². The van der Waals surface area contributed by atoms with Crippen molar-refractivity contribution in [1.82, 2.24) is 0 Å². The first-order chi connectivity index (χ1) is 23.8. The van der Waals surface area contributed by atoms with E-state index < -0.39 is 26.5 Å². The Kier molecular flexibility index (Phi) is 34.8. The third-order valence-corrected chi connectivity index (χ3v) is 9.27. The summed E-state index contributed by atoms with van der Waals surface area (Å²) in [4.78, 5) is 34.3. The Bertz CT molecular complexity index is 901. The average Bonchev–Trinajstić information content (AvgIpc) is 3.09. The van der Waals surface area contributed by atoms with Gasteiger partial charge < -0.3 is 14.4 Å². The van der Waals surface area contributed by atoms with Gasteiger partial charge in [0.1, 0.15) is 6.61 Å². The van der Waals surface area contributed by atoms with Crippen LogP contribution in [0, 0.1) is 0 Å². The lowest BCUT2D eigenvalue weighted by Gasteiger charge is -2.19. The molecule has 0 radical (unpaired) electrons. The van der Waals surface area contributed by atoms with Gasteiger partial charge in [0.15, 0.2) is 6.10 Å². The molecule has 0 rings (SSSR count). The molecule has 0 aliphatic carbocycles. The Morgan fingerprint density at radius 2 is 1.02 bits per heavy atom. The van der Waals surface area contributed by atoms with Gasteiger partial charge in [-0.05, 0) is 64.2 Å². The molecule has 0 aliphatic rings. The summed E-state index contributed by atoms with van der Waals surface area (Å²) in [5.41, 5.74) is 0. The van der Waals surface area contributed by atoms with Crippen LogP contribution in [0.1, 0.15) is 181 Å². The molecule has 0 bridgehead atoms. The van der Waals surface area contributed by atoms with Gasteiger partial charge in [-0.15, -0.1) is 0 Å². The van der Waals surface area contributed by atoms with Gasteiger partial charge in [0.05, 0.1) is 6.61 Å². The molecule has 2 unspecified atom stereocenters. The lowest BCUT2D eigenvalue weighted by atomic mass is 10.1. The van der Waals surface area contributed by atoms with Gasteiger partial charge in [0.25, 0.3) is 0 Å². The van der Waals surface area contributed by atoms with Crippen molar-refractivity contribution in [3.05, 3.63) is 36.5 Å². The average molecular weight is 713 g/mol. The molecule has 0 spiro atoms. The number of rotatable bonds is 36. The third-order valence-electron chi connectivity index (χ3n) is 8.34. The number of allylic oxidation sites excluding steroid dienone is 6. The van der Waals surface area contributed by atoms with E-state index in [1.807, 2.05) is 0 Å². The molecule has 9 heteroatoms. The van der Waals surface area contributed by atoms with Gasteiger partial charge in [-0.2, -0.15) is 0 Å². The molecule has 2 atom stereocenters. The molecular weight excluding hydrogens is 639 g/mol. The quantitative estimate of drug-likeness (QED) is 0.0296. The molecule has 8 nitrogen and oxygen atoms in total. The van der Waals surface area contributed by atoms with Gasteiger partial charge >= 0.3 is 19.8 Å². The second kappa shape index (κ2) is 36.1. The van der Waals surface area contributed by atoms with Gasteiger partial charge in [0.2, 0.25) is 0 Å². The van der Waals surface area contributed by atoms with Gasteiger partial charge in [-0.1, -0.05) is 140 Å². The normalized spacial score (nSPS) is 13.8. The Hall–Kier alpha value is -1.73. The summed E-state index contributed by atoms with van der Waals surface area (Å²) < 4.78 is 31.9. The van der Waals surface area contributed by atoms with Crippen LogP contribution in [0.2, 0.25) is 0 Å². The SMILES string of the molecule is CCC/C=C\C/C=C\CCCCCCCC(=O)OC(COC(=O)CCCCCCCCC/C=C\CCCCCCCC)COP(=O)(O)OC. The highest BCUT2D eigenvalue weighted by molar-refractivity contribution is 7.47. The number of unbranched alkanes of at least 4 members (excludes halogenated alkanes) is 19. The first-order valence-corrected chi connectivity index (χ1v) is 21.2. The fourth-order valence-corrected chi connectivity index (χ4v) is 5.74. The minimum atomic E-state index is -4.26. The van der Waals surface area contributed by atoms with Crippen LogP contribution in [-0.2, 0) is 32.7 Å². The Morgan fingerprint density at radius 3 is 1.53 bits per heavy atom. The number of esters is 2. The maximum Gasteiger partial charge on any atom is 0.472 e. The van der Waals surface area contributed by atoms with Gasteiger partial charge in [-0.3, -0.25) is 18.6 Å². The van der Waals surface area contributed by atoms with E-state index in [1.54, 1.807) is 0 Å². The van der Waals surface area contributed by atoms with Crippen LogP contribution >= 0.6 is 7.82 Å². The van der Waals surface area contributed by atoms with E-state index in [0.717, 1.165) is 71.3 Å². The maximum atomic E-state index is 12.4. The largest absolute Gasteiger partial charge is 0.472 e. The predicted molar refractivity (Wildman–Crippen MR) is 202 cm³/mol. The summed E-state index contributed by atoms with van der Waals surface area (Å²) in [5, 5.41) is 0. The van der Waals surface area contributed by atoms with Gasteiger partial charge in [0, 0.05) is 20.0 Å².